The van der Waals surface area contributed by atoms with E-state index < -0.39 is 0 Å². The lowest BCUT2D eigenvalue weighted by Crippen LogP contribution is -2.46. The smallest absolute Gasteiger partial charge is 0.159 e. The molecule has 0 unspecified atom stereocenters. The molecular formula is C19H22N8. The Morgan fingerprint density at radius 1 is 1.00 bits per heavy atom. The summed E-state index contributed by atoms with van der Waals surface area (Å²) in [6.07, 6.45) is 1.44. The van der Waals surface area contributed by atoms with E-state index in [1.165, 1.54) is 11.9 Å². The minimum atomic E-state index is 0.0546. The molecule has 0 amide bonds. The van der Waals surface area contributed by atoms with Crippen LogP contribution in [0.1, 0.15) is 5.56 Å². The van der Waals surface area contributed by atoms with Gasteiger partial charge in [-0.05, 0) is 5.56 Å². The lowest BCUT2D eigenvalue weighted by molar-refractivity contribution is 0.249. The maximum absolute atomic E-state index is 8.98. The van der Waals surface area contributed by atoms with Crippen molar-refractivity contribution in [2.45, 2.75) is 6.54 Å². The first kappa shape index (κ1) is 18.4. The number of anilines is 3. The number of hydrogen-bond acceptors (Lipinski definition) is 8. The molecule has 0 bridgehead atoms. The minimum absolute atomic E-state index is 0.0546. The zero-order valence-corrected chi connectivity index (χ0v) is 15.1. The van der Waals surface area contributed by atoms with Gasteiger partial charge in [-0.25, -0.2) is 9.97 Å². The second-order valence-corrected chi connectivity index (χ2v) is 6.36. The van der Waals surface area contributed by atoms with Gasteiger partial charge in [-0.15, -0.1) is 0 Å². The van der Waals surface area contributed by atoms with E-state index in [0.717, 1.165) is 32.7 Å². The molecule has 1 aromatic heterocycles. The number of nitriles is 2. The van der Waals surface area contributed by atoms with Gasteiger partial charge in [0.25, 0.3) is 0 Å². The molecule has 1 aromatic carbocycles. The van der Waals surface area contributed by atoms with Crippen molar-refractivity contribution in [2.24, 2.45) is 0 Å². The van der Waals surface area contributed by atoms with Crippen molar-refractivity contribution in [3.05, 3.63) is 42.2 Å². The Kier molecular flexibility index (Phi) is 6.03. The van der Waals surface area contributed by atoms with E-state index in [1.807, 2.05) is 18.2 Å². The monoisotopic (exact) mass is 362 g/mol. The molecule has 8 nitrogen and oxygen atoms in total. The molecule has 138 valence electrons. The van der Waals surface area contributed by atoms with E-state index in [0.29, 0.717) is 17.3 Å². The topological polar surface area (TPSA) is 109 Å². The molecule has 0 saturated carbocycles. The Morgan fingerprint density at radius 3 is 2.30 bits per heavy atom. The van der Waals surface area contributed by atoms with Gasteiger partial charge >= 0.3 is 0 Å². The van der Waals surface area contributed by atoms with Gasteiger partial charge in [0, 0.05) is 32.7 Å². The number of benzene rings is 1. The number of aromatic nitrogens is 2. The van der Waals surface area contributed by atoms with Crippen LogP contribution in [0, 0.1) is 22.7 Å². The maximum Gasteiger partial charge on any atom is 0.159 e. The Labute approximate surface area is 159 Å². The minimum Gasteiger partial charge on any atom is -0.393 e. The quantitative estimate of drug-likeness (QED) is 0.764. The van der Waals surface area contributed by atoms with Crippen LogP contribution in [0.25, 0.3) is 0 Å². The summed E-state index contributed by atoms with van der Waals surface area (Å²) in [6.45, 7) is 4.48. The summed E-state index contributed by atoms with van der Waals surface area (Å²) >= 11 is 0. The van der Waals surface area contributed by atoms with Crippen LogP contribution in [-0.2, 0) is 6.54 Å². The van der Waals surface area contributed by atoms with Gasteiger partial charge in [0.2, 0.25) is 0 Å². The van der Waals surface area contributed by atoms with Crippen LogP contribution < -0.4 is 15.5 Å². The van der Waals surface area contributed by atoms with Crippen molar-refractivity contribution in [3.8, 4) is 12.1 Å². The third kappa shape index (κ3) is 4.43. The molecule has 1 aliphatic rings. The second-order valence-electron chi connectivity index (χ2n) is 6.36. The number of hydrogen-bond donors (Lipinski definition) is 1. The molecule has 27 heavy (non-hydrogen) atoms. The third-order valence-electron chi connectivity index (χ3n) is 4.59. The fraction of sp³-hybridized carbons (Fsp3) is 0.368. The molecule has 0 atom stereocenters. The van der Waals surface area contributed by atoms with Gasteiger partial charge in [0.1, 0.15) is 25.1 Å². The van der Waals surface area contributed by atoms with Crippen molar-refractivity contribution in [2.75, 3.05) is 54.8 Å². The van der Waals surface area contributed by atoms with Crippen LogP contribution in [0.3, 0.4) is 0 Å². The highest BCUT2D eigenvalue weighted by atomic mass is 15.3. The molecule has 2 N–H and O–H groups in total. The van der Waals surface area contributed by atoms with Crippen molar-refractivity contribution in [1.29, 1.82) is 10.5 Å². The Hall–Kier alpha value is -3.36. The number of nitrogen functional groups attached to an aromatic ring is 1. The van der Waals surface area contributed by atoms with E-state index >= 15 is 0 Å². The molecule has 2 heterocycles. The molecule has 0 aliphatic carbocycles. The molecule has 2 aromatic rings. The Bertz CT molecular complexity index is 815. The van der Waals surface area contributed by atoms with Crippen LogP contribution in [-0.4, -0.2) is 54.1 Å². The largest absolute Gasteiger partial charge is 0.393 e. The summed E-state index contributed by atoms with van der Waals surface area (Å²) in [6, 6.07) is 14.5. The fourth-order valence-corrected chi connectivity index (χ4v) is 3.22. The first-order valence-electron chi connectivity index (χ1n) is 8.83. The summed E-state index contributed by atoms with van der Waals surface area (Å²) in [5.41, 5.74) is 8.01. The SMILES string of the molecule is N#CCN(CC#N)c1ncnc(N2CCN(Cc3ccccc3)CC2)c1N. The lowest BCUT2D eigenvalue weighted by atomic mass is 10.2. The van der Waals surface area contributed by atoms with Crippen molar-refractivity contribution < 1.29 is 0 Å². The first-order valence-corrected chi connectivity index (χ1v) is 8.83. The number of nitrogens with zero attached hydrogens (tertiary/aromatic N) is 7. The van der Waals surface area contributed by atoms with E-state index in [-0.39, 0.29) is 13.1 Å². The summed E-state index contributed by atoms with van der Waals surface area (Å²) in [5.74, 6) is 1.11. The second kappa shape index (κ2) is 8.84. The van der Waals surface area contributed by atoms with Crippen LogP contribution in [0.2, 0.25) is 0 Å². The molecule has 8 heteroatoms. The Morgan fingerprint density at radius 2 is 1.67 bits per heavy atom. The lowest BCUT2D eigenvalue weighted by Gasteiger charge is -2.36. The van der Waals surface area contributed by atoms with E-state index in [9.17, 15) is 0 Å². The molecule has 1 fully saturated rings. The maximum atomic E-state index is 8.98. The van der Waals surface area contributed by atoms with Crippen LogP contribution in [0.4, 0.5) is 17.3 Å². The standard InChI is InChI=1S/C19H22N8/c20-6-8-26(9-7-21)18-17(22)19(24-15-23-18)27-12-10-25(11-13-27)14-16-4-2-1-3-5-16/h1-5,15H,8-14,22H2. The van der Waals surface area contributed by atoms with Crippen LogP contribution >= 0.6 is 0 Å². The predicted octanol–water partition coefficient (Wildman–Crippen LogP) is 1.23. The normalized spacial score (nSPS) is 14.4. The number of rotatable bonds is 6. The van der Waals surface area contributed by atoms with Crippen LogP contribution in [0.5, 0.6) is 0 Å². The number of nitrogens with two attached hydrogens (primary N) is 1. The van der Waals surface area contributed by atoms with Crippen molar-refractivity contribution in [3.63, 3.8) is 0 Å². The summed E-state index contributed by atoms with van der Waals surface area (Å²) in [5, 5.41) is 18.0. The molecule has 1 aliphatic heterocycles. The Balaban J connectivity index is 1.68. The fourth-order valence-electron chi connectivity index (χ4n) is 3.22. The van der Waals surface area contributed by atoms with Gasteiger partial charge in [0.05, 0.1) is 12.1 Å². The summed E-state index contributed by atoms with van der Waals surface area (Å²) in [4.78, 5) is 14.6. The highest BCUT2D eigenvalue weighted by Gasteiger charge is 2.23. The van der Waals surface area contributed by atoms with Gasteiger partial charge in [0.15, 0.2) is 11.6 Å². The van der Waals surface area contributed by atoms with E-state index in [1.54, 1.807) is 4.90 Å². The average molecular weight is 362 g/mol. The third-order valence-corrected chi connectivity index (χ3v) is 4.59. The summed E-state index contributed by atoms with van der Waals surface area (Å²) < 4.78 is 0. The zero-order chi connectivity index (χ0) is 19.1. The van der Waals surface area contributed by atoms with Gasteiger partial charge in [-0.1, -0.05) is 30.3 Å². The van der Waals surface area contributed by atoms with Crippen molar-refractivity contribution in [1.82, 2.24) is 14.9 Å². The highest BCUT2D eigenvalue weighted by molar-refractivity contribution is 5.76. The number of piperazine rings is 1. The van der Waals surface area contributed by atoms with Gasteiger partial charge < -0.3 is 15.5 Å². The van der Waals surface area contributed by atoms with Gasteiger partial charge in [-0.2, -0.15) is 10.5 Å². The average Bonchev–Trinajstić information content (AvgIpc) is 2.70. The molecule has 1 saturated heterocycles. The van der Waals surface area contributed by atoms with E-state index in [2.05, 4.69) is 44.0 Å². The summed E-state index contributed by atoms with van der Waals surface area (Å²) in [7, 11) is 0. The molecular weight excluding hydrogens is 340 g/mol. The van der Waals surface area contributed by atoms with Crippen molar-refractivity contribution >= 4 is 17.3 Å². The molecule has 0 radical (unpaired) electrons. The predicted molar refractivity (Wildman–Crippen MR) is 104 cm³/mol. The van der Waals surface area contributed by atoms with E-state index in [4.69, 9.17) is 16.3 Å². The molecule has 0 spiro atoms. The first-order chi connectivity index (χ1) is 13.2. The highest BCUT2D eigenvalue weighted by Crippen LogP contribution is 2.29. The van der Waals surface area contributed by atoms with Gasteiger partial charge in [-0.3, -0.25) is 4.90 Å². The van der Waals surface area contributed by atoms with Crippen LogP contribution in [0.15, 0.2) is 36.7 Å². The zero-order valence-electron chi connectivity index (χ0n) is 15.1. The molecule has 3 rings (SSSR count).